The molecule has 2 aromatic rings. The molecule has 0 saturated heterocycles. The molecule has 0 aliphatic heterocycles. The van der Waals surface area contributed by atoms with E-state index in [-0.39, 0.29) is 5.91 Å². The number of carbonyl (C=O) groups is 1. The minimum Gasteiger partial charge on any atom is -0.303 e. The van der Waals surface area contributed by atoms with E-state index < -0.39 is 0 Å². The summed E-state index contributed by atoms with van der Waals surface area (Å²) < 4.78 is 0.790. The van der Waals surface area contributed by atoms with Crippen LogP contribution in [0.25, 0.3) is 0 Å². The Labute approximate surface area is 104 Å². The molecule has 1 amide bonds. The molecule has 2 N–H and O–H groups in total. The van der Waals surface area contributed by atoms with E-state index in [1.54, 1.807) is 10.9 Å². The molecule has 0 atom stereocenters. The quantitative estimate of drug-likeness (QED) is 0.914. The number of hydrogen-bond acceptors (Lipinski definition) is 4. The molecule has 2 heterocycles. The lowest BCUT2D eigenvalue weighted by Crippen LogP contribution is -2.12. The van der Waals surface area contributed by atoms with Gasteiger partial charge < -0.3 is 5.32 Å². The highest BCUT2D eigenvalue weighted by Gasteiger charge is 2.14. The summed E-state index contributed by atoms with van der Waals surface area (Å²) in [6.45, 7) is 2.00. The Morgan fingerprint density at radius 1 is 1.69 bits per heavy atom. The first-order chi connectivity index (χ1) is 7.72. The van der Waals surface area contributed by atoms with E-state index in [0.717, 1.165) is 16.6 Å². The molecule has 0 spiro atoms. The van der Waals surface area contributed by atoms with Crippen molar-refractivity contribution in [1.82, 2.24) is 15.2 Å². The van der Waals surface area contributed by atoms with Gasteiger partial charge in [0.15, 0.2) is 5.82 Å². The molecule has 2 aromatic heterocycles. The Hall–Kier alpha value is -1.21. The second kappa shape index (κ2) is 4.75. The van der Waals surface area contributed by atoms with Gasteiger partial charge >= 0.3 is 0 Å². The molecule has 5 nitrogen and oxygen atoms in total. The lowest BCUT2D eigenvalue weighted by Gasteiger charge is -1.99. The van der Waals surface area contributed by atoms with Gasteiger partial charge in [0.05, 0.1) is 15.7 Å². The summed E-state index contributed by atoms with van der Waals surface area (Å²) >= 11 is 4.76. The maximum absolute atomic E-state index is 11.7. The molecule has 0 fully saturated rings. The summed E-state index contributed by atoms with van der Waals surface area (Å²) in [6, 6.07) is 0. The molecule has 2 rings (SSSR count). The van der Waals surface area contributed by atoms with Crippen LogP contribution in [0, 0.1) is 0 Å². The van der Waals surface area contributed by atoms with Gasteiger partial charge in [0.1, 0.15) is 5.69 Å². The van der Waals surface area contributed by atoms with Crippen LogP contribution in [0.5, 0.6) is 0 Å². The molecule has 0 unspecified atom stereocenters. The maximum Gasteiger partial charge on any atom is 0.276 e. The molecule has 0 radical (unpaired) electrons. The van der Waals surface area contributed by atoms with Crippen molar-refractivity contribution in [3.05, 3.63) is 26.8 Å². The molecular formula is C9H9BrN4OS. The van der Waals surface area contributed by atoms with Crippen LogP contribution in [0.1, 0.15) is 23.1 Å². The smallest absolute Gasteiger partial charge is 0.276 e. The van der Waals surface area contributed by atoms with Crippen LogP contribution in [-0.2, 0) is 6.42 Å². The zero-order chi connectivity index (χ0) is 11.5. The first-order valence-corrected chi connectivity index (χ1v) is 6.38. The molecule has 0 aliphatic rings. The van der Waals surface area contributed by atoms with E-state index in [1.807, 2.05) is 6.92 Å². The van der Waals surface area contributed by atoms with Gasteiger partial charge in [-0.2, -0.15) is 5.10 Å². The van der Waals surface area contributed by atoms with Crippen molar-refractivity contribution in [3.8, 4) is 0 Å². The standard InChI is InChI=1S/C9H9BrN4OS/c1-2-5-7(10)8(14-13-5)12-9(15)6-3-16-4-11-6/h3-4H,2H2,1H3,(H2,12,13,14,15). The number of hydrogen-bond donors (Lipinski definition) is 2. The third kappa shape index (κ3) is 2.14. The van der Waals surface area contributed by atoms with Crippen LogP contribution in [0.2, 0.25) is 0 Å². The van der Waals surface area contributed by atoms with Crippen molar-refractivity contribution in [2.24, 2.45) is 0 Å². The zero-order valence-corrected chi connectivity index (χ0v) is 10.9. The topological polar surface area (TPSA) is 70.7 Å². The Bertz CT molecular complexity index is 494. The fourth-order valence-electron chi connectivity index (χ4n) is 1.18. The summed E-state index contributed by atoms with van der Waals surface area (Å²) in [6.07, 6.45) is 0.820. The van der Waals surface area contributed by atoms with Crippen LogP contribution in [-0.4, -0.2) is 21.1 Å². The van der Waals surface area contributed by atoms with Crippen LogP contribution >= 0.6 is 27.3 Å². The van der Waals surface area contributed by atoms with E-state index in [4.69, 9.17) is 0 Å². The molecule has 0 saturated carbocycles. The predicted molar refractivity (Wildman–Crippen MR) is 65.7 cm³/mol. The Morgan fingerprint density at radius 2 is 2.50 bits per heavy atom. The van der Waals surface area contributed by atoms with Gasteiger partial charge in [0, 0.05) is 5.38 Å². The maximum atomic E-state index is 11.7. The SMILES string of the molecule is CCc1[nH]nc(NC(=O)c2cscn2)c1Br. The first-order valence-electron chi connectivity index (χ1n) is 4.64. The predicted octanol–water partition coefficient (Wildman–Crippen LogP) is 2.44. The first kappa shape index (κ1) is 11.3. The summed E-state index contributed by atoms with van der Waals surface area (Å²) in [4.78, 5) is 15.6. The van der Waals surface area contributed by atoms with Gasteiger partial charge in [-0.1, -0.05) is 6.92 Å². The molecular weight excluding hydrogens is 292 g/mol. The normalized spacial score (nSPS) is 10.4. The zero-order valence-electron chi connectivity index (χ0n) is 8.45. The monoisotopic (exact) mass is 300 g/mol. The van der Waals surface area contributed by atoms with Crippen LogP contribution < -0.4 is 5.32 Å². The van der Waals surface area contributed by atoms with Gasteiger partial charge in [-0.3, -0.25) is 9.89 Å². The molecule has 0 aliphatic carbocycles. The number of amides is 1. The second-order valence-electron chi connectivity index (χ2n) is 3.05. The highest BCUT2D eigenvalue weighted by atomic mass is 79.9. The third-order valence-electron chi connectivity index (χ3n) is 2.03. The van der Waals surface area contributed by atoms with Crippen molar-refractivity contribution >= 4 is 39.0 Å². The summed E-state index contributed by atoms with van der Waals surface area (Å²) in [5.74, 6) is 0.242. The van der Waals surface area contributed by atoms with Crippen molar-refractivity contribution in [1.29, 1.82) is 0 Å². The van der Waals surface area contributed by atoms with Gasteiger partial charge in [-0.25, -0.2) is 4.98 Å². The highest BCUT2D eigenvalue weighted by Crippen LogP contribution is 2.24. The van der Waals surface area contributed by atoms with E-state index in [2.05, 4.69) is 36.4 Å². The fraction of sp³-hybridized carbons (Fsp3) is 0.222. The van der Waals surface area contributed by atoms with Crippen molar-refractivity contribution in [2.75, 3.05) is 5.32 Å². The molecule has 7 heteroatoms. The van der Waals surface area contributed by atoms with E-state index in [1.165, 1.54) is 11.3 Å². The van der Waals surface area contributed by atoms with Gasteiger partial charge in [-0.05, 0) is 22.4 Å². The number of anilines is 1. The largest absolute Gasteiger partial charge is 0.303 e. The number of aryl methyl sites for hydroxylation is 1. The van der Waals surface area contributed by atoms with Crippen molar-refractivity contribution < 1.29 is 4.79 Å². The molecule has 16 heavy (non-hydrogen) atoms. The lowest BCUT2D eigenvalue weighted by atomic mass is 10.3. The average Bonchev–Trinajstić information content (AvgIpc) is 2.89. The number of H-pyrrole nitrogens is 1. The minimum atomic E-state index is -0.254. The van der Waals surface area contributed by atoms with Gasteiger partial charge in [0.25, 0.3) is 5.91 Å². The average molecular weight is 301 g/mol. The van der Waals surface area contributed by atoms with E-state index in [9.17, 15) is 4.79 Å². The number of aromatic nitrogens is 3. The fourth-order valence-corrected chi connectivity index (χ4v) is 2.27. The number of nitrogens with zero attached hydrogens (tertiary/aromatic N) is 2. The number of halogens is 1. The number of rotatable bonds is 3. The Morgan fingerprint density at radius 3 is 3.06 bits per heavy atom. The Balaban J connectivity index is 2.15. The van der Waals surface area contributed by atoms with Crippen LogP contribution in [0.4, 0.5) is 5.82 Å². The van der Waals surface area contributed by atoms with E-state index >= 15 is 0 Å². The minimum absolute atomic E-state index is 0.254. The van der Waals surface area contributed by atoms with Crippen LogP contribution in [0.3, 0.4) is 0 Å². The second-order valence-corrected chi connectivity index (χ2v) is 4.56. The summed E-state index contributed by atoms with van der Waals surface area (Å²) in [5.41, 5.74) is 2.97. The summed E-state index contributed by atoms with van der Waals surface area (Å²) in [7, 11) is 0. The number of thiazole rings is 1. The molecule has 0 aromatic carbocycles. The van der Waals surface area contributed by atoms with E-state index in [0.29, 0.717) is 11.5 Å². The van der Waals surface area contributed by atoms with Crippen molar-refractivity contribution in [2.45, 2.75) is 13.3 Å². The molecule has 0 bridgehead atoms. The lowest BCUT2D eigenvalue weighted by molar-refractivity contribution is 0.102. The van der Waals surface area contributed by atoms with Gasteiger partial charge in [0.2, 0.25) is 0 Å². The third-order valence-corrected chi connectivity index (χ3v) is 3.47. The molecule has 84 valence electrons. The highest BCUT2D eigenvalue weighted by molar-refractivity contribution is 9.10. The summed E-state index contributed by atoms with van der Waals surface area (Å²) in [5, 5.41) is 11.2. The van der Waals surface area contributed by atoms with Crippen LogP contribution in [0.15, 0.2) is 15.4 Å². The number of aromatic amines is 1. The number of carbonyl (C=O) groups excluding carboxylic acids is 1. The van der Waals surface area contributed by atoms with Gasteiger partial charge in [-0.15, -0.1) is 11.3 Å². The van der Waals surface area contributed by atoms with Crippen molar-refractivity contribution in [3.63, 3.8) is 0 Å². The number of nitrogens with one attached hydrogen (secondary N) is 2. The Kier molecular flexibility index (Phi) is 3.35.